The van der Waals surface area contributed by atoms with Crippen molar-refractivity contribution in [2.24, 2.45) is 0 Å². The average Bonchev–Trinajstić information content (AvgIpc) is 3.13. The van der Waals surface area contributed by atoms with E-state index in [4.69, 9.17) is 9.05 Å². The number of rotatable bonds is 3. The third-order valence-corrected chi connectivity index (χ3v) is 4.23. The van der Waals surface area contributed by atoms with Crippen LogP contribution >= 0.6 is 0 Å². The minimum absolute atomic E-state index is 0.0200. The maximum absolute atomic E-state index is 12.9. The molecule has 0 unspecified atom stereocenters. The van der Waals surface area contributed by atoms with Crippen molar-refractivity contribution in [2.75, 3.05) is 13.1 Å². The molecule has 2 aromatic heterocycles. The number of carbonyl (C=O) groups excluding carboxylic acids is 1. The second-order valence-electron chi connectivity index (χ2n) is 6.43. The number of hydrogen-bond donors (Lipinski definition) is 0. The molecule has 0 aromatic carbocycles. The van der Waals surface area contributed by atoms with E-state index < -0.39 is 0 Å². The minimum Gasteiger partial charge on any atom is -0.360 e. The third kappa shape index (κ3) is 3.00. The summed E-state index contributed by atoms with van der Waals surface area (Å²) in [7, 11) is 0. The highest BCUT2D eigenvalue weighted by Gasteiger charge is 2.32. The van der Waals surface area contributed by atoms with Gasteiger partial charge >= 0.3 is 0 Å². The maximum Gasteiger partial charge on any atom is 0.259 e. The van der Waals surface area contributed by atoms with Crippen LogP contribution in [0.25, 0.3) is 0 Å². The Hall–Kier alpha value is -2.18. The molecule has 1 amide bonds. The van der Waals surface area contributed by atoms with Crippen molar-refractivity contribution in [1.82, 2.24) is 20.2 Å². The van der Waals surface area contributed by atoms with Crippen LogP contribution in [0.15, 0.2) is 9.05 Å². The molecule has 7 nitrogen and oxygen atoms in total. The molecule has 0 spiro atoms. The first-order chi connectivity index (χ1) is 11.0. The number of amides is 1. The Balaban J connectivity index is 1.81. The molecule has 3 rings (SSSR count). The summed E-state index contributed by atoms with van der Waals surface area (Å²) < 4.78 is 10.6. The fraction of sp³-hybridized carbons (Fsp3) is 0.625. The zero-order chi connectivity index (χ0) is 16.6. The van der Waals surface area contributed by atoms with E-state index in [0.717, 1.165) is 19.4 Å². The van der Waals surface area contributed by atoms with Gasteiger partial charge in [0.2, 0.25) is 5.89 Å². The first-order valence-corrected chi connectivity index (χ1v) is 8.03. The van der Waals surface area contributed by atoms with Crippen molar-refractivity contribution in [3.63, 3.8) is 0 Å². The van der Waals surface area contributed by atoms with Gasteiger partial charge in [-0.15, -0.1) is 0 Å². The quantitative estimate of drug-likeness (QED) is 0.865. The largest absolute Gasteiger partial charge is 0.360 e. The lowest BCUT2D eigenvalue weighted by molar-refractivity contribution is 0.0692. The topological polar surface area (TPSA) is 85.3 Å². The first-order valence-electron chi connectivity index (χ1n) is 8.03. The third-order valence-electron chi connectivity index (χ3n) is 4.23. The van der Waals surface area contributed by atoms with Gasteiger partial charge in [0.1, 0.15) is 5.56 Å². The SMILES string of the molecule is Cc1noc([C@H]2CCCN(C(=O)c3c(C)noc3C(C)C)C2)n1. The molecule has 2 aromatic rings. The van der Waals surface area contributed by atoms with Gasteiger partial charge in [0.25, 0.3) is 5.91 Å². The molecule has 0 saturated carbocycles. The summed E-state index contributed by atoms with van der Waals surface area (Å²) in [5, 5.41) is 7.82. The summed E-state index contributed by atoms with van der Waals surface area (Å²) >= 11 is 0. The van der Waals surface area contributed by atoms with Crippen LogP contribution in [0.2, 0.25) is 0 Å². The van der Waals surface area contributed by atoms with Crippen molar-refractivity contribution in [3.8, 4) is 0 Å². The van der Waals surface area contributed by atoms with Gasteiger partial charge in [-0.05, 0) is 26.7 Å². The fourth-order valence-corrected chi connectivity index (χ4v) is 3.04. The Morgan fingerprint density at radius 3 is 2.70 bits per heavy atom. The second-order valence-corrected chi connectivity index (χ2v) is 6.43. The summed E-state index contributed by atoms with van der Waals surface area (Å²) in [6.07, 6.45) is 1.87. The Labute approximate surface area is 135 Å². The van der Waals surface area contributed by atoms with Crippen LogP contribution in [0.4, 0.5) is 0 Å². The highest BCUT2D eigenvalue weighted by atomic mass is 16.5. The Kier molecular flexibility index (Phi) is 4.19. The van der Waals surface area contributed by atoms with E-state index in [0.29, 0.717) is 35.3 Å². The van der Waals surface area contributed by atoms with E-state index in [2.05, 4.69) is 15.3 Å². The van der Waals surface area contributed by atoms with Crippen molar-refractivity contribution < 1.29 is 13.8 Å². The summed E-state index contributed by atoms with van der Waals surface area (Å²) in [6.45, 7) is 8.92. The van der Waals surface area contributed by atoms with E-state index in [-0.39, 0.29) is 17.7 Å². The van der Waals surface area contributed by atoms with Crippen molar-refractivity contribution >= 4 is 5.91 Å². The molecule has 0 bridgehead atoms. The molecule has 1 fully saturated rings. The van der Waals surface area contributed by atoms with Gasteiger partial charge in [-0.3, -0.25) is 4.79 Å². The average molecular weight is 318 g/mol. The monoisotopic (exact) mass is 318 g/mol. The molecular formula is C16H22N4O3. The van der Waals surface area contributed by atoms with Crippen LogP contribution in [-0.2, 0) is 0 Å². The van der Waals surface area contributed by atoms with Gasteiger partial charge in [-0.1, -0.05) is 24.2 Å². The fourth-order valence-electron chi connectivity index (χ4n) is 3.04. The number of hydrogen-bond acceptors (Lipinski definition) is 6. The minimum atomic E-state index is -0.0200. The molecule has 1 atom stereocenters. The smallest absolute Gasteiger partial charge is 0.259 e. The van der Waals surface area contributed by atoms with Crippen LogP contribution in [-0.4, -0.2) is 39.2 Å². The van der Waals surface area contributed by atoms with E-state index in [1.54, 1.807) is 6.92 Å². The van der Waals surface area contributed by atoms with Crippen LogP contribution in [0.3, 0.4) is 0 Å². The zero-order valence-electron chi connectivity index (χ0n) is 14.0. The number of nitrogens with zero attached hydrogens (tertiary/aromatic N) is 4. The molecule has 124 valence electrons. The lowest BCUT2D eigenvalue weighted by Gasteiger charge is -2.31. The normalized spacial score (nSPS) is 18.7. The molecule has 3 heterocycles. The summed E-state index contributed by atoms with van der Waals surface area (Å²) in [4.78, 5) is 19.1. The lowest BCUT2D eigenvalue weighted by Crippen LogP contribution is -2.39. The molecule has 0 radical (unpaired) electrons. The van der Waals surface area contributed by atoms with Gasteiger partial charge < -0.3 is 13.9 Å². The van der Waals surface area contributed by atoms with Crippen LogP contribution in [0.5, 0.6) is 0 Å². The molecule has 1 aliphatic rings. The number of piperidine rings is 1. The van der Waals surface area contributed by atoms with Gasteiger partial charge in [-0.25, -0.2) is 0 Å². The van der Waals surface area contributed by atoms with E-state index in [1.165, 1.54) is 0 Å². The lowest BCUT2D eigenvalue weighted by atomic mass is 9.96. The molecule has 23 heavy (non-hydrogen) atoms. The van der Waals surface area contributed by atoms with Crippen LogP contribution < -0.4 is 0 Å². The van der Waals surface area contributed by atoms with E-state index >= 15 is 0 Å². The standard InChI is InChI=1S/C16H22N4O3/c1-9(2)14-13(10(3)18-22-14)16(21)20-7-5-6-12(8-20)15-17-11(4)19-23-15/h9,12H,5-8H2,1-4H3/t12-/m0/s1. The molecule has 1 aliphatic heterocycles. The van der Waals surface area contributed by atoms with Crippen molar-refractivity contribution in [1.29, 1.82) is 0 Å². The summed E-state index contributed by atoms with van der Waals surface area (Å²) in [6, 6.07) is 0. The second kappa shape index (κ2) is 6.14. The Morgan fingerprint density at radius 2 is 2.04 bits per heavy atom. The highest BCUT2D eigenvalue weighted by molar-refractivity contribution is 5.96. The number of aryl methyl sites for hydroxylation is 2. The summed E-state index contributed by atoms with van der Waals surface area (Å²) in [5.74, 6) is 2.09. The number of aromatic nitrogens is 3. The molecule has 0 N–H and O–H groups in total. The van der Waals surface area contributed by atoms with Crippen LogP contribution in [0, 0.1) is 13.8 Å². The Morgan fingerprint density at radius 1 is 1.26 bits per heavy atom. The highest BCUT2D eigenvalue weighted by Crippen LogP contribution is 2.29. The van der Waals surface area contributed by atoms with E-state index in [9.17, 15) is 4.79 Å². The van der Waals surface area contributed by atoms with Gasteiger partial charge in [0.15, 0.2) is 11.6 Å². The summed E-state index contributed by atoms with van der Waals surface area (Å²) in [5.41, 5.74) is 1.25. The maximum atomic E-state index is 12.9. The molecule has 0 aliphatic carbocycles. The van der Waals surface area contributed by atoms with Gasteiger partial charge in [0, 0.05) is 19.0 Å². The Bertz CT molecular complexity index is 704. The van der Waals surface area contributed by atoms with E-state index in [1.807, 2.05) is 25.7 Å². The zero-order valence-corrected chi connectivity index (χ0v) is 14.0. The van der Waals surface area contributed by atoms with Crippen molar-refractivity contribution in [2.45, 2.75) is 52.4 Å². The number of carbonyl (C=O) groups is 1. The first kappa shape index (κ1) is 15.7. The van der Waals surface area contributed by atoms with Crippen LogP contribution in [0.1, 0.15) is 72.1 Å². The molecular weight excluding hydrogens is 296 g/mol. The predicted molar refractivity (Wildman–Crippen MR) is 82.2 cm³/mol. The van der Waals surface area contributed by atoms with Gasteiger partial charge in [-0.2, -0.15) is 4.98 Å². The van der Waals surface area contributed by atoms with Crippen molar-refractivity contribution in [3.05, 3.63) is 28.7 Å². The molecule has 7 heteroatoms. The molecule has 1 saturated heterocycles. The number of likely N-dealkylation sites (tertiary alicyclic amines) is 1. The van der Waals surface area contributed by atoms with Gasteiger partial charge in [0.05, 0.1) is 11.6 Å². The predicted octanol–water partition coefficient (Wildman–Crippen LogP) is 2.82.